The predicted octanol–water partition coefficient (Wildman–Crippen LogP) is 1.34. The Morgan fingerprint density at radius 1 is 1.50 bits per heavy atom. The van der Waals surface area contributed by atoms with Gasteiger partial charge < -0.3 is 0 Å². The van der Waals surface area contributed by atoms with Gasteiger partial charge in [-0.3, -0.25) is 0 Å². The molecule has 0 fully saturated rings. The van der Waals surface area contributed by atoms with Gasteiger partial charge in [-0.1, -0.05) is 0 Å². The molecule has 0 atom stereocenters. The van der Waals surface area contributed by atoms with Crippen molar-refractivity contribution in [3.8, 4) is 0 Å². The monoisotopic (exact) mass is 292 g/mol. The van der Waals surface area contributed by atoms with Crippen molar-refractivity contribution in [3.63, 3.8) is 0 Å². The minimum atomic E-state index is -2.93. The molecule has 0 unspecified atom stereocenters. The second kappa shape index (κ2) is 2.49. The number of hydrogen-bond donors (Lipinski definition) is 0. The van der Waals surface area contributed by atoms with Gasteiger partial charge in [0.2, 0.25) is 0 Å². The Kier molecular flexibility index (Phi) is 3.27. The molecule has 4 heavy (non-hydrogen) atoms. The third kappa shape index (κ3) is 10.5. The zero-order valence-electron chi connectivity index (χ0n) is 1.64. The van der Waals surface area contributed by atoms with Crippen LogP contribution >= 0.6 is 17.7 Å². The Hall–Kier alpha value is 1.25. The molecule has 4 heteroatoms. The Balaban J connectivity index is 3.51. The molecule has 0 bridgehead atoms. The van der Waals surface area contributed by atoms with E-state index in [-0.39, 0.29) is 0 Å². The Morgan fingerprint density at radius 2 is 1.50 bits per heavy atom. The average molecular weight is 292 g/mol. The molecule has 0 aliphatic rings. The van der Waals surface area contributed by atoms with Gasteiger partial charge in [0, 0.05) is 0 Å². The van der Waals surface area contributed by atoms with Gasteiger partial charge in [0.15, 0.2) is 0 Å². The Morgan fingerprint density at radius 3 is 1.50 bits per heavy atom. The zero-order chi connectivity index (χ0) is 3.58. The Labute approximate surface area is 38.5 Å². The molecular formula is BiFS2. The fraction of sp³-hybridized carbons (Fsp3) is 0. The van der Waals surface area contributed by atoms with Crippen molar-refractivity contribution in [2.45, 2.75) is 0 Å². The van der Waals surface area contributed by atoms with E-state index in [1.165, 1.54) is 0 Å². The van der Waals surface area contributed by atoms with Gasteiger partial charge in [0.05, 0.1) is 0 Å². The second-order valence-corrected chi connectivity index (χ2v) is 9.52. The summed E-state index contributed by atoms with van der Waals surface area (Å²) in [5.74, 6) is 0. The average Bonchev–Trinajstić information content (AvgIpc) is 0.811. The van der Waals surface area contributed by atoms with Crippen LogP contribution < -0.4 is 0 Å². The number of halogens is 1. The van der Waals surface area contributed by atoms with Crippen LogP contribution in [0, 0.1) is 0 Å². The van der Waals surface area contributed by atoms with Crippen molar-refractivity contribution in [2.75, 3.05) is 0 Å². The fourth-order valence-electron chi connectivity index (χ4n) is 0. The fourth-order valence-corrected chi connectivity index (χ4v) is 0. The van der Waals surface area contributed by atoms with Gasteiger partial charge in [0.1, 0.15) is 0 Å². The van der Waals surface area contributed by atoms with Crippen molar-refractivity contribution in [3.05, 3.63) is 0 Å². The van der Waals surface area contributed by atoms with Gasteiger partial charge in [-0.15, -0.1) is 0 Å². The van der Waals surface area contributed by atoms with Crippen LogP contribution in [0.5, 0.6) is 0 Å². The SMILES string of the molecule is [F][Bi](=[S])=[S]. The summed E-state index contributed by atoms with van der Waals surface area (Å²) in [5, 5.41) is 0. The maximum atomic E-state index is 10.8. The van der Waals surface area contributed by atoms with Crippen LogP contribution in [0.2, 0.25) is 0 Å². The molecule has 0 N–H and O–H groups in total. The van der Waals surface area contributed by atoms with E-state index in [1.54, 1.807) is 0 Å². The molecule has 0 heterocycles. The molecule has 0 aromatic heterocycles. The first kappa shape index (κ1) is 5.25. The predicted molar refractivity (Wildman–Crippen MR) is 22.0 cm³/mol. The summed E-state index contributed by atoms with van der Waals surface area (Å²) in [6.07, 6.45) is 0. The van der Waals surface area contributed by atoms with E-state index in [1.807, 2.05) is 0 Å². The van der Waals surface area contributed by atoms with Crippen molar-refractivity contribution >= 4 is 36.0 Å². The summed E-state index contributed by atoms with van der Waals surface area (Å²) in [6, 6.07) is 0. The van der Waals surface area contributed by atoms with Gasteiger partial charge in [-0.25, -0.2) is 0 Å². The molecule has 0 saturated carbocycles. The molecule has 0 rings (SSSR count). The molecule has 0 aliphatic carbocycles. The van der Waals surface area contributed by atoms with Crippen LogP contribution in [0.3, 0.4) is 0 Å². The summed E-state index contributed by atoms with van der Waals surface area (Å²) >= 11 is -2.93. The summed E-state index contributed by atoms with van der Waals surface area (Å²) in [6.45, 7) is 0. The van der Waals surface area contributed by atoms with Crippen LogP contribution in [-0.4, -0.2) is 18.3 Å². The molecule has 0 saturated heterocycles. The molecule has 0 radical (unpaired) electrons. The van der Waals surface area contributed by atoms with Crippen LogP contribution in [0.25, 0.3) is 0 Å². The summed E-state index contributed by atoms with van der Waals surface area (Å²) in [7, 11) is 7.94. The first-order valence-electron chi connectivity index (χ1n) is 0.534. The molecule has 24 valence electrons. The maximum absolute atomic E-state index is 10.8. The summed E-state index contributed by atoms with van der Waals surface area (Å²) in [4.78, 5) is 0. The third-order valence-electron chi connectivity index (χ3n) is 0. The molecule has 0 aromatic rings. The molecule has 0 aliphatic heterocycles. The van der Waals surface area contributed by atoms with E-state index in [4.69, 9.17) is 0 Å². The number of hydrogen-bond acceptors (Lipinski definition) is 2. The first-order chi connectivity index (χ1) is 1.73. The Bertz CT molecular complexity index is 54.4. The summed E-state index contributed by atoms with van der Waals surface area (Å²) in [5.41, 5.74) is 0. The molecule has 0 spiro atoms. The minimum absolute atomic E-state index is 2.93. The van der Waals surface area contributed by atoms with Gasteiger partial charge in [-0.2, -0.15) is 0 Å². The summed E-state index contributed by atoms with van der Waals surface area (Å²) < 4.78 is 10.8. The van der Waals surface area contributed by atoms with Crippen LogP contribution in [-0.2, 0) is 0 Å². The molecule has 0 nitrogen and oxygen atoms in total. The van der Waals surface area contributed by atoms with E-state index < -0.39 is 18.3 Å². The van der Waals surface area contributed by atoms with E-state index in [0.717, 1.165) is 0 Å². The topological polar surface area (TPSA) is 0 Å². The van der Waals surface area contributed by atoms with Crippen molar-refractivity contribution < 1.29 is 2.63 Å². The van der Waals surface area contributed by atoms with Crippen LogP contribution in [0.15, 0.2) is 0 Å². The standard InChI is InChI=1S/Bi.FH.2S/h;1H;;/q+1;;;/p-1. The van der Waals surface area contributed by atoms with Gasteiger partial charge in [0.25, 0.3) is 0 Å². The van der Waals surface area contributed by atoms with Gasteiger partial charge in [-0.05, 0) is 0 Å². The van der Waals surface area contributed by atoms with Crippen molar-refractivity contribution in [1.82, 2.24) is 0 Å². The normalized spacial score (nSPS) is 6.25. The van der Waals surface area contributed by atoms with Crippen molar-refractivity contribution in [1.29, 1.82) is 0 Å². The molecule has 0 amide bonds. The van der Waals surface area contributed by atoms with Crippen LogP contribution in [0.1, 0.15) is 0 Å². The van der Waals surface area contributed by atoms with Crippen molar-refractivity contribution in [2.24, 2.45) is 0 Å². The zero-order valence-corrected chi connectivity index (χ0v) is 6.75. The quantitative estimate of drug-likeness (QED) is 0.618. The second-order valence-electron chi connectivity index (χ2n) is 0.213. The van der Waals surface area contributed by atoms with Crippen LogP contribution in [0.4, 0.5) is 2.63 Å². The van der Waals surface area contributed by atoms with E-state index >= 15 is 0 Å². The number of rotatable bonds is 0. The van der Waals surface area contributed by atoms with E-state index in [0.29, 0.717) is 0 Å². The third-order valence-corrected chi connectivity index (χ3v) is 0. The van der Waals surface area contributed by atoms with Gasteiger partial charge >= 0.3 is 38.6 Å². The van der Waals surface area contributed by atoms with E-state index in [9.17, 15) is 2.63 Å². The molecular weight excluding hydrogens is 292 g/mol. The molecule has 0 aromatic carbocycles. The first-order valence-corrected chi connectivity index (χ1v) is 11.1. The van der Waals surface area contributed by atoms with E-state index in [2.05, 4.69) is 17.7 Å².